The summed E-state index contributed by atoms with van der Waals surface area (Å²) in [4.78, 5) is 2.48. The van der Waals surface area contributed by atoms with Gasteiger partial charge >= 0.3 is 0 Å². The maximum Gasteiger partial charge on any atom is 0.0480 e. The van der Waals surface area contributed by atoms with Crippen molar-refractivity contribution in [3.8, 4) is 0 Å². The molecule has 0 saturated carbocycles. The number of hydrogen-bond acceptors (Lipinski definition) is 3. The molecule has 0 bridgehead atoms. The molecule has 1 N–H and O–H groups in total. The van der Waals surface area contributed by atoms with Crippen LogP contribution in [0.25, 0.3) is 0 Å². The summed E-state index contributed by atoms with van der Waals surface area (Å²) in [6, 6.07) is 7.37. The molecule has 0 aliphatic carbocycles. The highest BCUT2D eigenvalue weighted by atomic mass is 16.5. The smallest absolute Gasteiger partial charge is 0.0480 e. The number of ether oxygens (including phenoxy) is 1. The Morgan fingerprint density at radius 2 is 2.17 bits per heavy atom. The number of hydrogen-bond donors (Lipinski definition) is 1. The third kappa shape index (κ3) is 2.38. The summed E-state index contributed by atoms with van der Waals surface area (Å²) >= 11 is 0. The van der Waals surface area contributed by atoms with Crippen LogP contribution in [0.1, 0.15) is 24.0 Å². The van der Waals surface area contributed by atoms with Crippen molar-refractivity contribution >= 4 is 5.69 Å². The Hall–Kier alpha value is -1.06. The fourth-order valence-corrected chi connectivity index (χ4v) is 3.07. The van der Waals surface area contributed by atoms with Gasteiger partial charge in [-0.15, -0.1) is 0 Å². The molecule has 2 aliphatic heterocycles. The third-order valence-corrected chi connectivity index (χ3v) is 4.17. The molecule has 3 nitrogen and oxygen atoms in total. The Morgan fingerprint density at radius 1 is 1.33 bits per heavy atom. The van der Waals surface area contributed by atoms with Crippen molar-refractivity contribution in [2.45, 2.75) is 31.8 Å². The number of benzene rings is 1. The molecule has 0 radical (unpaired) electrons. The maximum absolute atomic E-state index is 5.44. The molecular formula is C15H22N2O. The van der Waals surface area contributed by atoms with Crippen molar-refractivity contribution in [2.75, 3.05) is 32.1 Å². The van der Waals surface area contributed by atoms with Gasteiger partial charge < -0.3 is 10.1 Å². The lowest BCUT2D eigenvalue weighted by molar-refractivity contribution is 0.0407. The lowest BCUT2D eigenvalue weighted by Gasteiger charge is -2.31. The molecule has 1 aromatic rings. The van der Waals surface area contributed by atoms with Gasteiger partial charge in [-0.25, -0.2) is 0 Å². The van der Waals surface area contributed by atoms with Crippen molar-refractivity contribution in [1.29, 1.82) is 0 Å². The van der Waals surface area contributed by atoms with Gasteiger partial charge in [-0.1, -0.05) is 18.2 Å². The molecule has 0 amide bonds. The van der Waals surface area contributed by atoms with Gasteiger partial charge in [-0.2, -0.15) is 0 Å². The average Bonchev–Trinajstić information content (AvgIpc) is 2.89. The third-order valence-electron chi connectivity index (χ3n) is 4.17. The molecule has 1 fully saturated rings. The van der Waals surface area contributed by atoms with Crippen LogP contribution in [-0.4, -0.2) is 37.7 Å². The van der Waals surface area contributed by atoms with E-state index in [9.17, 15) is 0 Å². The first-order valence-corrected chi connectivity index (χ1v) is 6.97. The second-order valence-electron chi connectivity index (χ2n) is 5.39. The fourth-order valence-electron chi connectivity index (χ4n) is 3.07. The molecule has 0 atom stereocenters. The second kappa shape index (κ2) is 5.29. The minimum absolute atomic E-state index is 0.677. The molecular weight excluding hydrogens is 224 g/mol. The first-order valence-electron chi connectivity index (χ1n) is 6.97. The summed E-state index contributed by atoms with van der Waals surface area (Å²) in [5.74, 6) is 0. The molecule has 1 saturated heterocycles. The first-order chi connectivity index (χ1) is 8.84. The summed E-state index contributed by atoms with van der Waals surface area (Å²) < 4.78 is 5.44. The van der Waals surface area contributed by atoms with E-state index < -0.39 is 0 Å². The van der Waals surface area contributed by atoms with E-state index in [0.717, 1.165) is 26.3 Å². The number of anilines is 1. The molecule has 0 unspecified atom stereocenters. The van der Waals surface area contributed by atoms with E-state index in [4.69, 9.17) is 4.74 Å². The van der Waals surface area contributed by atoms with Crippen LogP contribution in [0.15, 0.2) is 18.2 Å². The lowest BCUT2D eigenvalue weighted by Crippen LogP contribution is -2.36. The van der Waals surface area contributed by atoms with E-state index in [2.05, 4.69) is 35.5 Å². The van der Waals surface area contributed by atoms with E-state index >= 15 is 0 Å². The van der Waals surface area contributed by atoms with Crippen LogP contribution in [0.3, 0.4) is 0 Å². The van der Waals surface area contributed by atoms with Crippen LogP contribution in [0.5, 0.6) is 0 Å². The van der Waals surface area contributed by atoms with Gasteiger partial charge in [0.25, 0.3) is 0 Å². The van der Waals surface area contributed by atoms with Crippen LogP contribution in [0.4, 0.5) is 5.69 Å². The Kier molecular flexibility index (Phi) is 3.52. The zero-order valence-electron chi connectivity index (χ0n) is 11.1. The van der Waals surface area contributed by atoms with Gasteiger partial charge in [0.2, 0.25) is 0 Å². The fraction of sp³-hybridized carbons (Fsp3) is 0.600. The van der Waals surface area contributed by atoms with Gasteiger partial charge in [-0.05, 0) is 37.4 Å². The topological polar surface area (TPSA) is 24.5 Å². The lowest BCUT2D eigenvalue weighted by atomic mass is 10.0. The number of fused-ring (bicyclic) bond motifs is 1. The summed E-state index contributed by atoms with van der Waals surface area (Å²) in [6.45, 7) is 3.97. The Balaban J connectivity index is 1.70. The molecule has 0 spiro atoms. The first kappa shape index (κ1) is 12.0. The maximum atomic E-state index is 5.44. The molecule has 98 valence electrons. The predicted molar refractivity (Wildman–Crippen MR) is 73.9 cm³/mol. The van der Waals surface area contributed by atoms with E-state index in [1.165, 1.54) is 36.1 Å². The zero-order valence-corrected chi connectivity index (χ0v) is 11.1. The highest BCUT2D eigenvalue weighted by Crippen LogP contribution is 2.28. The number of nitrogens with one attached hydrogen (secondary N) is 1. The molecule has 1 aromatic carbocycles. The predicted octanol–water partition coefficient (Wildman–Crippen LogP) is 2.27. The SMILES string of the molecule is CN(Cc1cccc2c1NCC2)C1CCOCC1. The Bertz CT molecular complexity index is 413. The normalized spacial score (nSPS) is 19.9. The van der Waals surface area contributed by atoms with Gasteiger partial charge in [0, 0.05) is 38.0 Å². The van der Waals surface area contributed by atoms with Gasteiger partial charge in [0.15, 0.2) is 0 Å². The van der Waals surface area contributed by atoms with Gasteiger partial charge in [-0.3, -0.25) is 4.90 Å². The van der Waals surface area contributed by atoms with Crippen LogP contribution in [0.2, 0.25) is 0 Å². The second-order valence-corrected chi connectivity index (χ2v) is 5.39. The van der Waals surface area contributed by atoms with Crippen molar-refractivity contribution < 1.29 is 4.74 Å². The summed E-state index contributed by atoms with van der Waals surface area (Å²) in [5, 5.41) is 3.53. The number of nitrogens with zero attached hydrogens (tertiary/aromatic N) is 1. The molecule has 2 aliphatic rings. The number of rotatable bonds is 3. The summed E-state index contributed by atoms with van der Waals surface area (Å²) in [5.41, 5.74) is 4.31. The molecule has 3 heteroatoms. The monoisotopic (exact) mass is 246 g/mol. The van der Waals surface area contributed by atoms with Crippen molar-refractivity contribution in [1.82, 2.24) is 4.90 Å². The van der Waals surface area contributed by atoms with Gasteiger partial charge in [0.05, 0.1) is 0 Å². The van der Waals surface area contributed by atoms with Crippen LogP contribution in [-0.2, 0) is 17.7 Å². The van der Waals surface area contributed by atoms with Gasteiger partial charge in [0.1, 0.15) is 0 Å². The minimum atomic E-state index is 0.677. The molecule has 3 rings (SSSR count). The van der Waals surface area contributed by atoms with E-state index in [-0.39, 0.29) is 0 Å². The van der Waals surface area contributed by atoms with Crippen molar-refractivity contribution in [3.05, 3.63) is 29.3 Å². The summed E-state index contributed by atoms with van der Waals surface area (Å²) in [6.07, 6.45) is 3.50. The quantitative estimate of drug-likeness (QED) is 0.885. The molecule has 0 aromatic heterocycles. The molecule has 2 heterocycles. The largest absolute Gasteiger partial charge is 0.384 e. The van der Waals surface area contributed by atoms with E-state index in [1.807, 2.05) is 0 Å². The Labute approximate surface area is 109 Å². The molecule has 18 heavy (non-hydrogen) atoms. The highest BCUT2D eigenvalue weighted by molar-refractivity contribution is 5.61. The minimum Gasteiger partial charge on any atom is -0.384 e. The van der Waals surface area contributed by atoms with Crippen LogP contribution < -0.4 is 5.32 Å². The Morgan fingerprint density at radius 3 is 3.00 bits per heavy atom. The number of para-hydroxylation sites is 1. The van der Waals surface area contributed by atoms with Crippen molar-refractivity contribution in [3.63, 3.8) is 0 Å². The van der Waals surface area contributed by atoms with Crippen molar-refractivity contribution in [2.24, 2.45) is 0 Å². The van der Waals surface area contributed by atoms with E-state index in [0.29, 0.717) is 6.04 Å². The summed E-state index contributed by atoms with van der Waals surface area (Å²) in [7, 11) is 2.24. The van der Waals surface area contributed by atoms with E-state index in [1.54, 1.807) is 0 Å². The average molecular weight is 246 g/mol. The standard InChI is InChI=1S/C15H22N2O/c1-17(14-6-9-18-10-7-14)11-13-4-2-3-12-5-8-16-15(12)13/h2-4,14,16H,5-11H2,1H3. The highest BCUT2D eigenvalue weighted by Gasteiger charge is 2.20. The zero-order chi connectivity index (χ0) is 12.4. The van der Waals surface area contributed by atoms with Crippen LogP contribution >= 0.6 is 0 Å². The van der Waals surface area contributed by atoms with Crippen LogP contribution in [0, 0.1) is 0 Å².